The SMILES string of the molecule is CC(N)C(=O)NC(CC(N)=O)C(=O)NC(CCCCN)C(=O)NC(CCC(N)=O)C(=O)O. The van der Waals surface area contributed by atoms with Crippen molar-refractivity contribution in [2.45, 2.75) is 69.6 Å². The Morgan fingerprint density at radius 3 is 1.78 bits per heavy atom. The summed E-state index contributed by atoms with van der Waals surface area (Å²) < 4.78 is 0. The number of nitrogens with one attached hydrogen (secondary N) is 3. The van der Waals surface area contributed by atoms with Gasteiger partial charge in [0.1, 0.15) is 18.1 Å². The molecule has 0 spiro atoms. The van der Waals surface area contributed by atoms with Gasteiger partial charge in [0.05, 0.1) is 12.5 Å². The first-order valence-electron chi connectivity index (χ1n) is 10.0. The molecule has 182 valence electrons. The molecule has 0 fully saturated rings. The van der Waals surface area contributed by atoms with Crippen LogP contribution in [0.2, 0.25) is 0 Å². The molecule has 0 aromatic heterocycles. The van der Waals surface area contributed by atoms with Crippen molar-refractivity contribution >= 4 is 35.5 Å². The first-order chi connectivity index (χ1) is 14.9. The Morgan fingerprint density at radius 2 is 1.31 bits per heavy atom. The molecule has 0 aliphatic carbocycles. The van der Waals surface area contributed by atoms with E-state index in [0.717, 1.165) is 0 Å². The van der Waals surface area contributed by atoms with Crippen LogP contribution >= 0.6 is 0 Å². The summed E-state index contributed by atoms with van der Waals surface area (Å²) in [6, 6.07) is -4.97. The van der Waals surface area contributed by atoms with E-state index in [1.54, 1.807) is 0 Å². The van der Waals surface area contributed by atoms with Gasteiger partial charge in [-0.1, -0.05) is 0 Å². The highest BCUT2D eigenvalue weighted by atomic mass is 16.4. The predicted octanol–water partition coefficient (Wildman–Crippen LogP) is -3.86. The standard InChI is InChI=1S/C18H33N7O7/c1-9(20)15(28)25-12(8-14(22)27)17(30)23-10(4-2-3-7-19)16(29)24-11(18(31)32)5-6-13(21)26/h9-12H,2-8,19-20H2,1H3,(H2,21,26)(H2,22,27)(H,23,30)(H,24,29)(H,25,28)(H,31,32). The number of unbranched alkanes of at least 4 members (excludes halogenated alkanes) is 1. The highest BCUT2D eigenvalue weighted by Gasteiger charge is 2.30. The van der Waals surface area contributed by atoms with Crippen LogP contribution < -0.4 is 38.9 Å². The van der Waals surface area contributed by atoms with Crippen LogP contribution in [0, 0.1) is 0 Å². The maximum absolute atomic E-state index is 12.7. The summed E-state index contributed by atoms with van der Waals surface area (Å²) in [7, 11) is 0. The molecule has 4 unspecified atom stereocenters. The number of carbonyl (C=O) groups excluding carboxylic acids is 5. The summed E-state index contributed by atoms with van der Waals surface area (Å²) in [5.74, 6) is -5.43. The number of nitrogens with two attached hydrogens (primary N) is 4. The molecule has 4 atom stereocenters. The van der Waals surface area contributed by atoms with Crippen molar-refractivity contribution in [2.24, 2.45) is 22.9 Å². The molecule has 14 nitrogen and oxygen atoms in total. The lowest BCUT2D eigenvalue weighted by atomic mass is 10.1. The maximum atomic E-state index is 12.7. The third kappa shape index (κ3) is 11.8. The third-order valence-corrected chi connectivity index (χ3v) is 4.33. The van der Waals surface area contributed by atoms with E-state index < -0.39 is 66.1 Å². The average molecular weight is 460 g/mol. The van der Waals surface area contributed by atoms with E-state index in [1.807, 2.05) is 0 Å². The molecule has 12 N–H and O–H groups in total. The van der Waals surface area contributed by atoms with E-state index in [9.17, 15) is 33.9 Å². The average Bonchev–Trinajstić information content (AvgIpc) is 2.68. The van der Waals surface area contributed by atoms with Crippen molar-refractivity contribution in [1.29, 1.82) is 0 Å². The minimum atomic E-state index is -1.41. The van der Waals surface area contributed by atoms with Crippen molar-refractivity contribution in [3.05, 3.63) is 0 Å². The summed E-state index contributed by atoms with van der Waals surface area (Å²) in [6.45, 7) is 1.70. The van der Waals surface area contributed by atoms with Gasteiger partial charge in [-0.15, -0.1) is 0 Å². The fourth-order valence-corrected chi connectivity index (χ4v) is 2.56. The lowest BCUT2D eigenvalue weighted by Crippen LogP contribution is -2.57. The Kier molecular flexibility index (Phi) is 13.2. The Morgan fingerprint density at radius 1 is 0.781 bits per heavy atom. The minimum Gasteiger partial charge on any atom is -0.480 e. The van der Waals surface area contributed by atoms with Crippen LogP contribution in [-0.2, 0) is 28.8 Å². The van der Waals surface area contributed by atoms with Crippen molar-refractivity contribution in [2.75, 3.05) is 6.54 Å². The normalized spacial score (nSPS) is 14.3. The van der Waals surface area contributed by atoms with Crippen LogP contribution in [0.25, 0.3) is 0 Å². The molecule has 0 radical (unpaired) electrons. The fraction of sp³-hybridized carbons (Fsp3) is 0.667. The summed E-state index contributed by atoms with van der Waals surface area (Å²) in [6.07, 6.45) is -0.0181. The number of carboxylic acids is 1. The highest BCUT2D eigenvalue weighted by molar-refractivity contribution is 5.96. The number of amides is 5. The van der Waals surface area contributed by atoms with Gasteiger partial charge in [-0.05, 0) is 39.2 Å². The molecule has 0 aromatic rings. The van der Waals surface area contributed by atoms with E-state index in [2.05, 4.69) is 16.0 Å². The Hall–Kier alpha value is -3.26. The third-order valence-electron chi connectivity index (χ3n) is 4.33. The van der Waals surface area contributed by atoms with Gasteiger partial charge in [-0.25, -0.2) is 4.79 Å². The largest absolute Gasteiger partial charge is 0.480 e. The Bertz CT molecular complexity index is 699. The summed E-state index contributed by atoms with van der Waals surface area (Å²) in [5, 5.41) is 16.2. The van der Waals surface area contributed by atoms with E-state index >= 15 is 0 Å². The molecule has 0 aliphatic rings. The summed E-state index contributed by atoms with van der Waals surface area (Å²) >= 11 is 0. The lowest BCUT2D eigenvalue weighted by Gasteiger charge is -2.24. The van der Waals surface area contributed by atoms with Crippen LogP contribution in [-0.4, -0.2) is 71.3 Å². The van der Waals surface area contributed by atoms with Crippen molar-refractivity contribution in [3.63, 3.8) is 0 Å². The second-order valence-electron chi connectivity index (χ2n) is 7.27. The molecule has 5 amide bonds. The van der Waals surface area contributed by atoms with Gasteiger partial charge in [-0.3, -0.25) is 24.0 Å². The van der Waals surface area contributed by atoms with Gasteiger partial charge in [0.2, 0.25) is 29.5 Å². The zero-order valence-corrected chi connectivity index (χ0v) is 18.0. The lowest BCUT2D eigenvalue weighted by molar-refractivity contribution is -0.142. The van der Waals surface area contributed by atoms with Crippen molar-refractivity contribution in [3.8, 4) is 0 Å². The fourth-order valence-electron chi connectivity index (χ4n) is 2.56. The van der Waals surface area contributed by atoms with Crippen LogP contribution in [0.15, 0.2) is 0 Å². The smallest absolute Gasteiger partial charge is 0.326 e. The molecule has 0 saturated heterocycles. The van der Waals surface area contributed by atoms with E-state index in [4.69, 9.17) is 22.9 Å². The number of carboxylic acid groups (broad SMARTS) is 1. The van der Waals surface area contributed by atoms with Crippen LogP contribution in [0.4, 0.5) is 0 Å². The summed E-state index contributed by atoms with van der Waals surface area (Å²) in [5.41, 5.74) is 21.0. The number of hydrogen-bond donors (Lipinski definition) is 8. The molecular formula is C18H33N7O7. The maximum Gasteiger partial charge on any atom is 0.326 e. The van der Waals surface area contributed by atoms with Gasteiger partial charge in [0.15, 0.2) is 0 Å². The quantitative estimate of drug-likeness (QED) is 0.105. The Balaban J connectivity index is 5.45. The molecule has 14 heteroatoms. The molecule has 0 heterocycles. The predicted molar refractivity (Wildman–Crippen MR) is 112 cm³/mol. The number of primary amides is 2. The van der Waals surface area contributed by atoms with Crippen LogP contribution in [0.1, 0.15) is 45.4 Å². The second-order valence-corrected chi connectivity index (χ2v) is 7.27. The Labute approximate surface area is 185 Å². The molecule has 0 bridgehead atoms. The van der Waals surface area contributed by atoms with Gasteiger partial charge in [-0.2, -0.15) is 0 Å². The monoisotopic (exact) mass is 459 g/mol. The number of carbonyl (C=O) groups is 6. The molecule has 0 saturated carbocycles. The van der Waals surface area contributed by atoms with E-state index in [-0.39, 0.29) is 19.3 Å². The molecule has 32 heavy (non-hydrogen) atoms. The van der Waals surface area contributed by atoms with Gasteiger partial charge in [0.25, 0.3) is 0 Å². The van der Waals surface area contributed by atoms with E-state index in [0.29, 0.717) is 19.4 Å². The molecule has 0 aromatic carbocycles. The topological polar surface area (TPSA) is 263 Å². The van der Waals surface area contributed by atoms with Gasteiger partial charge in [0, 0.05) is 6.42 Å². The number of aliphatic carboxylic acids is 1. The number of hydrogen-bond acceptors (Lipinski definition) is 8. The molecular weight excluding hydrogens is 426 g/mol. The van der Waals surface area contributed by atoms with Crippen LogP contribution in [0.5, 0.6) is 0 Å². The molecule has 0 aliphatic heterocycles. The summed E-state index contributed by atoms with van der Waals surface area (Å²) in [4.78, 5) is 70.8. The number of rotatable bonds is 16. The highest BCUT2D eigenvalue weighted by Crippen LogP contribution is 2.05. The zero-order chi connectivity index (χ0) is 24.8. The minimum absolute atomic E-state index is 0.0987. The van der Waals surface area contributed by atoms with Gasteiger partial charge >= 0.3 is 5.97 Å². The van der Waals surface area contributed by atoms with Crippen molar-refractivity contribution in [1.82, 2.24) is 16.0 Å². The van der Waals surface area contributed by atoms with Gasteiger partial charge < -0.3 is 44.0 Å². The molecule has 0 rings (SSSR count). The first kappa shape index (κ1) is 28.7. The first-order valence-corrected chi connectivity index (χ1v) is 10.0. The van der Waals surface area contributed by atoms with Crippen molar-refractivity contribution < 1.29 is 33.9 Å². The van der Waals surface area contributed by atoms with E-state index in [1.165, 1.54) is 6.92 Å². The van der Waals surface area contributed by atoms with Crippen LogP contribution in [0.3, 0.4) is 0 Å². The second kappa shape index (κ2) is 14.7. The zero-order valence-electron chi connectivity index (χ0n) is 18.0.